The number of rotatable bonds is 4. The second-order valence-corrected chi connectivity index (χ2v) is 5.00. The first-order chi connectivity index (χ1) is 9.66. The highest BCUT2D eigenvalue weighted by atomic mass is 79.9. The van der Waals surface area contributed by atoms with E-state index >= 15 is 0 Å². The predicted molar refractivity (Wildman–Crippen MR) is 83.1 cm³/mol. The molecule has 6 heteroatoms. The van der Waals surface area contributed by atoms with Crippen molar-refractivity contribution in [1.82, 2.24) is 9.97 Å². The standard InChI is InChI=1S/C14H14BrN5/c1-3-12-19-13(17-2)7-14(20-12)18-11-6-10(15)5-4-9(11)8-16/h4-7H,3H2,1-2H3,(H2,17,18,19,20). The van der Waals surface area contributed by atoms with Crippen LogP contribution in [0.4, 0.5) is 17.3 Å². The SMILES string of the molecule is CCc1nc(NC)cc(Nc2cc(Br)ccc2C#N)n1. The third-order valence-corrected chi connectivity index (χ3v) is 3.20. The Labute approximate surface area is 126 Å². The van der Waals surface area contributed by atoms with Gasteiger partial charge in [-0.25, -0.2) is 9.97 Å². The van der Waals surface area contributed by atoms with Crippen LogP contribution in [0.5, 0.6) is 0 Å². The van der Waals surface area contributed by atoms with Gasteiger partial charge in [0.1, 0.15) is 23.5 Å². The number of nitrogens with zero attached hydrogens (tertiary/aromatic N) is 3. The minimum absolute atomic E-state index is 0.566. The number of nitriles is 1. The highest BCUT2D eigenvalue weighted by Crippen LogP contribution is 2.24. The van der Waals surface area contributed by atoms with E-state index in [1.807, 2.05) is 26.1 Å². The number of aromatic nitrogens is 2. The Bertz CT molecular complexity index is 641. The van der Waals surface area contributed by atoms with Gasteiger partial charge in [0.15, 0.2) is 0 Å². The Morgan fingerprint density at radius 1 is 1.25 bits per heavy atom. The molecule has 0 fully saturated rings. The van der Waals surface area contributed by atoms with Crippen molar-refractivity contribution in [3.05, 3.63) is 40.1 Å². The van der Waals surface area contributed by atoms with Gasteiger partial charge in [-0.1, -0.05) is 22.9 Å². The molecule has 0 aliphatic carbocycles. The minimum Gasteiger partial charge on any atom is -0.373 e. The molecule has 0 spiro atoms. The molecule has 20 heavy (non-hydrogen) atoms. The van der Waals surface area contributed by atoms with Crippen molar-refractivity contribution in [2.45, 2.75) is 13.3 Å². The lowest BCUT2D eigenvalue weighted by Gasteiger charge is -2.10. The Morgan fingerprint density at radius 2 is 2.00 bits per heavy atom. The zero-order valence-electron chi connectivity index (χ0n) is 11.2. The summed E-state index contributed by atoms with van der Waals surface area (Å²) in [6.45, 7) is 2.00. The zero-order valence-corrected chi connectivity index (χ0v) is 12.8. The van der Waals surface area contributed by atoms with Gasteiger partial charge < -0.3 is 10.6 Å². The maximum atomic E-state index is 9.14. The lowest BCUT2D eigenvalue weighted by Crippen LogP contribution is -2.03. The van der Waals surface area contributed by atoms with Gasteiger partial charge in [0.05, 0.1) is 11.3 Å². The number of aryl methyl sites for hydroxylation is 1. The molecule has 0 atom stereocenters. The Balaban J connectivity index is 2.39. The maximum Gasteiger partial charge on any atom is 0.136 e. The molecule has 1 heterocycles. The van der Waals surface area contributed by atoms with Crippen LogP contribution in [0.2, 0.25) is 0 Å². The van der Waals surface area contributed by atoms with Crippen LogP contribution in [0.1, 0.15) is 18.3 Å². The molecule has 102 valence electrons. The molecule has 0 unspecified atom stereocenters. The molecule has 0 radical (unpaired) electrons. The summed E-state index contributed by atoms with van der Waals surface area (Å²) in [4.78, 5) is 8.75. The van der Waals surface area contributed by atoms with Crippen molar-refractivity contribution in [3.8, 4) is 6.07 Å². The highest BCUT2D eigenvalue weighted by molar-refractivity contribution is 9.10. The fraction of sp³-hybridized carbons (Fsp3) is 0.214. The van der Waals surface area contributed by atoms with E-state index in [1.165, 1.54) is 0 Å². The Hall–Kier alpha value is -2.13. The molecule has 0 saturated heterocycles. The number of nitrogens with one attached hydrogen (secondary N) is 2. The normalized spacial score (nSPS) is 9.90. The monoisotopic (exact) mass is 331 g/mol. The summed E-state index contributed by atoms with van der Waals surface area (Å²) >= 11 is 3.40. The number of anilines is 3. The van der Waals surface area contributed by atoms with Crippen LogP contribution in [-0.4, -0.2) is 17.0 Å². The first kappa shape index (κ1) is 14.3. The second-order valence-electron chi connectivity index (χ2n) is 4.08. The first-order valence-electron chi connectivity index (χ1n) is 6.18. The van der Waals surface area contributed by atoms with Crippen molar-refractivity contribution >= 4 is 33.3 Å². The average molecular weight is 332 g/mol. The van der Waals surface area contributed by atoms with Crippen molar-refractivity contribution < 1.29 is 0 Å². The van der Waals surface area contributed by atoms with Gasteiger partial charge in [0.2, 0.25) is 0 Å². The summed E-state index contributed by atoms with van der Waals surface area (Å²) in [5.41, 5.74) is 1.28. The van der Waals surface area contributed by atoms with E-state index in [0.29, 0.717) is 17.1 Å². The van der Waals surface area contributed by atoms with Crippen molar-refractivity contribution in [2.75, 3.05) is 17.7 Å². The van der Waals surface area contributed by atoms with Crippen molar-refractivity contribution in [3.63, 3.8) is 0 Å². The van der Waals surface area contributed by atoms with Crippen LogP contribution in [-0.2, 0) is 6.42 Å². The van der Waals surface area contributed by atoms with Gasteiger partial charge in [-0.15, -0.1) is 0 Å². The van der Waals surface area contributed by atoms with Crippen LogP contribution >= 0.6 is 15.9 Å². The third kappa shape index (κ3) is 3.25. The van der Waals surface area contributed by atoms with E-state index in [4.69, 9.17) is 5.26 Å². The fourth-order valence-corrected chi connectivity index (χ4v) is 2.06. The number of hydrogen-bond donors (Lipinski definition) is 2. The zero-order chi connectivity index (χ0) is 14.5. The van der Waals surface area contributed by atoms with Crippen LogP contribution in [0.25, 0.3) is 0 Å². The van der Waals surface area contributed by atoms with E-state index < -0.39 is 0 Å². The highest BCUT2D eigenvalue weighted by Gasteiger charge is 2.07. The van der Waals surface area contributed by atoms with Crippen LogP contribution in [0, 0.1) is 11.3 Å². The summed E-state index contributed by atoms with van der Waals surface area (Å²) < 4.78 is 0.901. The minimum atomic E-state index is 0.566. The molecule has 0 aliphatic rings. The molecule has 0 bridgehead atoms. The molecule has 0 amide bonds. The van der Waals surface area contributed by atoms with Crippen LogP contribution in [0.15, 0.2) is 28.7 Å². The average Bonchev–Trinajstić information content (AvgIpc) is 2.47. The molecule has 2 aromatic rings. The van der Waals surface area contributed by atoms with Gasteiger partial charge >= 0.3 is 0 Å². The predicted octanol–water partition coefficient (Wildman–Crippen LogP) is 3.46. The van der Waals surface area contributed by atoms with E-state index in [1.54, 1.807) is 12.1 Å². The van der Waals surface area contributed by atoms with Gasteiger partial charge in [0, 0.05) is 24.0 Å². The molecule has 1 aromatic heterocycles. The van der Waals surface area contributed by atoms with E-state index in [2.05, 4.69) is 42.6 Å². The summed E-state index contributed by atoms with van der Waals surface area (Å²) in [5.74, 6) is 2.15. The van der Waals surface area contributed by atoms with Gasteiger partial charge in [-0.2, -0.15) is 5.26 Å². The second kappa shape index (κ2) is 6.35. The maximum absolute atomic E-state index is 9.14. The van der Waals surface area contributed by atoms with Crippen LogP contribution < -0.4 is 10.6 Å². The number of hydrogen-bond acceptors (Lipinski definition) is 5. The molecule has 2 N–H and O–H groups in total. The third-order valence-electron chi connectivity index (χ3n) is 2.71. The Kier molecular flexibility index (Phi) is 4.53. The summed E-state index contributed by atoms with van der Waals surface area (Å²) in [5, 5.41) is 15.3. The molecule has 0 saturated carbocycles. The first-order valence-corrected chi connectivity index (χ1v) is 6.98. The van der Waals surface area contributed by atoms with E-state index in [0.717, 1.165) is 22.5 Å². The molecule has 5 nitrogen and oxygen atoms in total. The summed E-state index contributed by atoms with van der Waals surface area (Å²) in [6.07, 6.45) is 0.744. The summed E-state index contributed by atoms with van der Waals surface area (Å²) in [6, 6.07) is 9.41. The van der Waals surface area contributed by atoms with Gasteiger partial charge in [-0.05, 0) is 18.2 Å². The quantitative estimate of drug-likeness (QED) is 0.897. The number of benzene rings is 1. The molecular formula is C14H14BrN5. The molecular weight excluding hydrogens is 318 g/mol. The van der Waals surface area contributed by atoms with Gasteiger partial charge in [0.25, 0.3) is 0 Å². The topological polar surface area (TPSA) is 73.6 Å². The van der Waals surface area contributed by atoms with E-state index in [-0.39, 0.29) is 0 Å². The number of halogens is 1. The molecule has 1 aromatic carbocycles. The lowest BCUT2D eigenvalue weighted by atomic mass is 10.2. The van der Waals surface area contributed by atoms with Crippen LogP contribution in [0.3, 0.4) is 0 Å². The van der Waals surface area contributed by atoms with E-state index in [9.17, 15) is 0 Å². The largest absolute Gasteiger partial charge is 0.373 e. The molecule has 0 aliphatic heterocycles. The van der Waals surface area contributed by atoms with Gasteiger partial charge in [-0.3, -0.25) is 0 Å². The fourth-order valence-electron chi connectivity index (χ4n) is 1.70. The van der Waals surface area contributed by atoms with Crippen molar-refractivity contribution in [2.24, 2.45) is 0 Å². The summed E-state index contributed by atoms with van der Waals surface area (Å²) in [7, 11) is 1.81. The smallest absolute Gasteiger partial charge is 0.136 e. The lowest BCUT2D eigenvalue weighted by molar-refractivity contribution is 0.944. The Morgan fingerprint density at radius 3 is 2.65 bits per heavy atom. The molecule has 2 rings (SSSR count). The van der Waals surface area contributed by atoms with Crippen molar-refractivity contribution in [1.29, 1.82) is 5.26 Å².